The number of rotatable bonds is 3. The van der Waals surface area contributed by atoms with Crippen LogP contribution in [-0.2, 0) is 40.5 Å². The third-order valence-electron chi connectivity index (χ3n) is 0.699. The van der Waals surface area contributed by atoms with Crippen LogP contribution in [0.2, 0.25) is 0 Å². The van der Waals surface area contributed by atoms with Crippen molar-refractivity contribution in [1.82, 2.24) is 0 Å². The quantitative estimate of drug-likeness (QED) is 0.491. The maximum Gasteiger partial charge on any atom is 0.313 e. The topological polar surface area (TPSA) is 104 Å². The standard InChI is InChI=1S/C6H10O3.3C3H8O.Zr/c1-3-9-6(8)4-5(2)7;3*1-3(2)4;/h3-4H2,1-2H3;3*3-4H,1-2H3;. The summed E-state index contributed by atoms with van der Waals surface area (Å²) in [6.45, 7) is 13.7. The Morgan fingerprint density at radius 3 is 1.23 bits per heavy atom. The zero-order valence-electron chi connectivity index (χ0n) is 15.2. The van der Waals surface area contributed by atoms with E-state index in [1.807, 2.05) is 0 Å². The number of Topliss-reactive ketones (excluding diaryl/α,β-unsaturated/α-hetero) is 1. The molecule has 0 saturated heterocycles. The number of carbonyl (C=O) groups excluding carboxylic acids is 2. The van der Waals surface area contributed by atoms with E-state index in [-0.39, 0.29) is 56.7 Å². The summed E-state index contributed by atoms with van der Waals surface area (Å²) >= 11 is 0. The largest absolute Gasteiger partial charge is 0.466 e. The van der Waals surface area contributed by atoms with Gasteiger partial charge in [-0.15, -0.1) is 0 Å². The molecule has 0 aromatic heterocycles. The molecule has 0 saturated carbocycles. The third kappa shape index (κ3) is 149. The van der Waals surface area contributed by atoms with E-state index in [2.05, 4.69) is 4.74 Å². The van der Waals surface area contributed by atoms with Crippen LogP contribution in [0.15, 0.2) is 0 Å². The molecule has 0 atom stereocenters. The third-order valence-corrected chi connectivity index (χ3v) is 0.699. The fourth-order valence-electron chi connectivity index (χ4n) is 0.415. The van der Waals surface area contributed by atoms with Crippen molar-refractivity contribution in [3.05, 3.63) is 0 Å². The van der Waals surface area contributed by atoms with Gasteiger partial charge >= 0.3 is 5.97 Å². The zero-order chi connectivity index (χ0) is 18.0. The second-order valence-electron chi connectivity index (χ2n) is 4.97. The van der Waals surface area contributed by atoms with E-state index in [0.29, 0.717) is 6.61 Å². The average Bonchev–Trinajstić information content (AvgIpc) is 2.12. The van der Waals surface area contributed by atoms with Gasteiger partial charge in [-0.2, -0.15) is 0 Å². The number of esters is 1. The number of hydrogen-bond acceptors (Lipinski definition) is 6. The first-order valence-corrected chi connectivity index (χ1v) is 7.05. The van der Waals surface area contributed by atoms with Gasteiger partial charge in [-0.3, -0.25) is 9.59 Å². The summed E-state index contributed by atoms with van der Waals surface area (Å²) in [7, 11) is 0. The summed E-state index contributed by atoms with van der Waals surface area (Å²) in [6.07, 6.45) is -0.603. The van der Waals surface area contributed by atoms with Crippen molar-refractivity contribution >= 4 is 11.8 Å². The molecule has 0 fully saturated rings. The van der Waals surface area contributed by atoms with Crippen LogP contribution in [0.3, 0.4) is 0 Å². The minimum Gasteiger partial charge on any atom is -0.466 e. The van der Waals surface area contributed by atoms with Crippen molar-refractivity contribution in [2.24, 2.45) is 0 Å². The van der Waals surface area contributed by atoms with Crippen molar-refractivity contribution in [2.75, 3.05) is 6.61 Å². The number of ether oxygens (including phenoxy) is 1. The molecule has 7 heteroatoms. The Kier molecular flexibility index (Phi) is 39.3. The molecular formula is C15H34O6Zr. The monoisotopic (exact) mass is 400 g/mol. The number of aliphatic hydroxyl groups is 3. The van der Waals surface area contributed by atoms with E-state index in [1.54, 1.807) is 48.5 Å². The smallest absolute Gasteiger partial charge is 0.313 e. The van der Waals surface area contributed by atoms with Crippen molar-refractivity contribution in [3.8, 4) is 0 Å². The molecule has 0 heterocycles. The summed E-state index contributed by atoms with van der Waals surface area (Å²) in [5, 5.41) is 24.2. The van der Waals surface area contributed by atoms with Crippen LogP contribution in [0, 0.1) is 0 Å². The van der Waals surface area contributed by atoms with Crippen molar-refractivity contribution < 1.29 is 55.8 Å². The van der Waals surface area contributed by atoms with E-state index < -0.39 is 5.97 Å². The summed E-state index contributed by atoms with van der Waals surface area (Å²) in [5.74, 6) is -0.599. The van der Waals surface area contributed by atoms with Crippen molar-refractivity contribution in [1.29, 1.82) is 0 Å². The molecule has 134 valence electrons. The second-order valence-corrected chi connectivity index (χ2v) is 4.97. The molecule has 0 amide bonds. The Bertz CT molecular complexity index is 208. The molecule has 0 aliphatic carbocycles. The molecule has 3 N–H and O–H groups in total. The average molecular weight is 402 g/mol. The predicted octanol–water partition coefficient (Wildman–Crippen LogP) is 1.69. The minimum absolute atomic E-state index is 0. The van der Waals surface area contributed by atoms with Crippen LogP contribution in [0.5, 0.6) is 0 Å². The molecule has 0 aliphatic heterocycles. The van der Waals surface area contributed by atoms with Gasteiger partial charge in [-0.1, -0.05) is 0 Å². The molecule has 0 aromatic rings. The van der Waals surface area contributed by atoms with Crippen LogP contribution in [0.4, 0.5) is 0 Å². The summed E-state index contributed by atoms with van der Waals surface area (Å²) < 4.78 is 4.49. The second kappa shape index (κ2) is 25.8. The first kappa shape index (κ1) is 33.5. The maximum atomic E-state index is 10.4. The van der Waals surface area contributed by atoms with Crippen LogP contribution in [0.1, 0.15) is 61.8 Å². The van der Waals surface area contributed by atoms with Crippen LogP contribution < -0.4 is 0 Å². The molecule has 0 bridgehead atoms. The molecule has 22 heavy (non-hydrogen) atoms. The SMILES string of the molecule is CC(C)O.CC(C)O.CC(C)O.CCOC(=O)CC(C)=O.[Zr]. The minimum atomic E-state index is -0.440. The number of ketones is 1. The van der Waals surface area contributed by atoms with E-state index in [4.69, 9.17) is 15.3 Å². The zero-order valence-corrected chi connectivity index (χ0v) is 17.7. The molecular weight excluding hydrogens is 367 g/mol. The van der Waals surface area contributed by atoms with Crippen LogP contribution >= 0.6 is 0 Å². The van der Waals surface area contributed by atoms with E-state index in [0.717, 1.165) is 0 Å². The Morgan fingerprint density at radius 2 is 1.09 bits per heavy atom. The van der Waals surface area contributed by atoms with Crippen LogP contribution in [0.25, 0.3) is 0 Å². The fraction of sp³-hybridized carbons (Fsp3) is 0.867. The van der Waals surface area contributed by atoms with Crippen molar-refractivity contribution in [3.63, 3.8) is 0 Å². The summed E-state index contributed by atoms with van der Waals surface area (Å²) in [6, 6.07) is 0. The first-order valence-electron chi connectivity index (χ1n) is 7.05. The van der Waals surface area contributed by atoms with Gasteiger partial charge in [-0.25, -0.2) is 0 Å². The Hall–Kier alpha value is -0.0969. The fourth-order valence-corrected chi connectivity index (χ4v) is 0.415. The van der Waals surface area contributed by atoms with Crippen LogP contribution in [-0.4, -0.2) is 52.0 Å². The first-order chi connectivity index (χ1) is 9.36. The van der Waals surface area contributed by atoms with Gasteiger partial charge < -0.3 is 20.1 Å². The summed E-state index contributed by atoms with van der Waals surface area (Å²) in [4.78, 5) is 20.6. The van der Waals surface area contributed by atoms with E-state index >= 15 is 0 Å². The van der Waals surface area contributed by atoms with Gasteiger partial charge in [0.25, 0.3) is 0 Å². The molecule has 0 aliphatic rings. The van der Waals surface area contributed by atoms with Gasteiger partial charge in [-0.05, 0) is 55.4 Å². The molecule has 0 spiro atoms. The molecule has 0 aromatic carbocycles. The molecule has 0 unspecified atom stereocenters. The maximum absolute atomic E-state index is 10.4. The molecule has 0 rings (SSSR count). The van der Waals surface area contributed by atoms with Gasteiger partial charge in [0, 0.05) is 44.5 Å². The van der Waals surface area contributed by atoms with Gasteiger partial charge in [0.05, 0.1) is 6.61 Å². The van der Waals surface area contributed by atoms with Crippen molar-refractivity contribution in [2.45, 2.75) is 80.1 Å². The molecule has 6 nitrogen and oxygen atoms in total. The van der Waals surface area contributed by atoms with Gasteiger partial charge in [0.15, 0.2) is 0 Å². The molecule has 0 radical (unpaired) electrons. The Morgan fingerprint density at radius 1 is 0.864 bits per heavy atom. The summed E-state index contributed by atoms with van der Waals surface area (Å²) in [5.41, 5.74) is 0. The predicted molar refractivity (Wildman–Crippen MR) is 84.0 cm³/mol. The number of aliphatic hydroxyl groups excluding tert-OH is 3. The van der Waals surface area contributed by atoms with Gasteiger partial charge in [0.1, 0.15) is 12.2 Å². The Labute approximate surface area is 154 Å². The van der Waals surface area contributed by atoms with Gasteiger partial charge in [0.2, 0.25) is 0 Å². The van der Waals surface area contributed by atoms with E-state index in [1.165, 1.54) is 6.92 Å². The number of carbonyl (C=O) groups is 2. The van der Waals surface area contributed by atoms with E-state index in [9.17, 15) is 9.59 Å². The normalized spacial score (nSPS) is 8.45. The number of hydrogen-bond donors (Lipinski definition) is 3. The Balaban J connectivity index is -0.0000000632.